The first kappa shape index (κ1) is 24.0. The molecule has 3 aromatic rings. The maximum atomic E-state index is 12.6. The van der Waals surface area contributed by atoms with E-state index in [-0.39, 0.29) is 36.7 Å². The van der Waals surface area contributed by atoms with Crippen LogP contribution in [0.25, 0.3) is 0 Å². The van der Waals surface area contributed by atoms with Gasteiger partial charge in [0.15, 0.2) is 6.61 Å². The number of carbonyl (C=O) groups is 3. The number of nitrogens with one attached hydrogen (secondary N) is 2. The number of hydrogen-bond acceptors (Lipinski definition) is 4. The van der Waals surface area contributed by atoms with E-state index in [9.17, 15) is 14.4 Å². The third-order valence-corrected chi connectivity index (χ3v) is 5.90. The van der Waals surface area contributed by atoms with Crippen LogP contribution in [0.5, 0.6) is 5.75 Å². The van der Waals surface area contributed by atoms with Crippen molar-refractivity contribution in [2.75, 3.05) is 24.6 Å². The molecule has 3 aromatic carbocycles. The summed E-state index contributed by atoms with van der Waals surface area (Å²) >= 11 is 0. The van der Waals surface area contributed by atoms with Gasteiger partial charge >= 0.3 is 0 Å². The van der Waals surface area contributed by atoms with Gasteiger partial charge in [-0.15, -0.1) is 0 Å². The van der Waals surface area contributed by atoms with Crippen molar-refractivity contribution >= 4 is 23.4 Å². The van der Waals surface area contributed by atoms with E-state index < -0.39 is 0 Å². The summed E-state index contributed by atoms with van der Waals surface area (Å²) in [5, 5.41) is 5.76. The van der Waals surface area contributed by atoms with Crippen LogP contribution < -0.4 is 20.3 Å². The van der Waals surface area contributed by atoms with Gasteiger partial charge in [0.25, 0.3) is 5.91 Å². The minimum absolute atomic E-state index is 0.0813. The van der Waals surface area contributed by atoms with Gasteiger partial charge in [-0.2, -0.15) is 0 Å². The molecule has 1 aliphatic heterocycles. The Bertz CT molecular complexity index is 1130. The van der Waals surface area contributed by atoms with Crippen LogP contribution in [-0.2, 0) is 27.3 Å². The molecule has 0 aliphatic carbocycles. The van der Waals surface area contributed by atoms with E-state index >= 15 is 0 Å². The zero-order valence-electron chi connectivity index (χ0n) is 19.5. The van der Waals surface area contributed by atoms with Crippen molar-refractivity contribution in [1.29, 1.82) is 0 Å². The molecular formula is C28H29N3O4. The van der Waals surface area contributed by atoms with E-state index in [0.717, 1.165) is 17.5 Å². The fraction of sp³-hybridized carbons (Fsp3) is 0.250. The summed E-state index contributed by atoms with van der Waals surface area (Å²) < 4.78 is 5.56. The first-order valence-corrected chi connectivity index (χ1v) is 11.7. The number of amides is 3. The molecular weight excluding hydrogens is 442 g/mol. The average molecular weight is 472 g/mol. The zero-order valence-corrected chi connectivity index (χ0v) is 19.5. The average Bonchev–Trinajstić information content (AvgIpc) is 3.29. The Labute approximate surface area is 205 Å². The third-order valence-electron chi connectivity index (χ3n) is 5.90. The van der Waals surface area contributed by atoms with E-state index in [1.54, 1.807) is 29.2 Å². The standard InChI is InChI=1S/C28H29N3O4/c32-26(30-18-22-9-5-2-6-10-22)20-35-25-13-11-24(12-14-25)31-19-23(17-27(31)33)28(34)29-16-15-21-7-3-1-4-8-21/h1-14,23H,15-20H2,(H,29,34)(H,30,32). The second-order valence-electron chi connectivity index (χ2n) is 8.48. The predicted molar refractivity (Wildman–Crippen MR) is 134 cm³/mol. The second kappa shape index (κ2) is 11.8. The van der Waals surface area contributed by atoms with E-state index in [2.05, 4.69) is 10.6 Å². The van der Waals surface area contributed by atoms with Crippen molar-refractivity contribution in [3.8, 4) is 5.75 Å². The van der Waals surface area contributed by atoms with Gasteiger partial charge in [-0.05, 0) is 41.8 Å². The molecule has 1 unspecified atom stereocenters. The summed E-state index contributed by atoms with van der Waals surface area (Å²) in [5.41, 5.74) is 2.88. The molecule has 7 heteroatoms. The zero-order chi connectivity index (χ0) is 24.5. The van der Waals surface area contributed by atoms with E-state index in [1.807, 2.05) is 60.7 Å². The van der Waals surface area contributed by atoms with Gasteiger partial charge in [-0.25, -0.2) is 0 Å². The number of benzene rings is 3. The maximum absolute atomic E-state index is 12.6. The second-order valence-corrected chi connectivity index (χ2v) is 8.48. The van der Waals surface area contributed by atoms with Crippen LogP contribution in [0.3, 0.4) is 0 Å². The molecule has 180 valence electrons. The minimum atomic E-state index is -0.373. The molecule has 4 rings (SSSR count). The van der Waals surface area contributed by atoms with Crippen molar-refractivity contribution in [1.82, 2.24) is 10.6 Å². The van der Waals surface area contributed by atoms with E-state index in [1.165, 1.54) is 0 Å². The van der Waals surface area contributed by atoms with Crippen molar-refractivity contribution in [2.24, 2.45) is 5.92 Å². The monoisotopic (exact) mass is 471 g/mol. The predicted octanol–water partition coefficient (Wildman–Crippen LogP) is 3.09. The Hall–Kier alpha value is -4.13. The van der Waals surface area contributed by atoms with Gasteiger partial charge in [0, 0.05) is 31.7 Å². The van der Waals surface area contributed by atoms with Crippen molar-refractivity contribution in [3.63, 3.8) is 0 Å². The van der Waals surface area contributed by atoms with Crippen LogP contribution in [0.15, 0.2) is 84.9 Å². The smallest absolute Gasteiger partial charge is 0.258 e. The molecule has 1 saturated heterocycles. The molecule has 1 heterocycles. The quantitative estimate of drug-likeness (QED) is 0.476. The van der Waals surface area contributed by atoms with E-state index in [4.69, 9.17) is 4.74 Å². The van der Waals surface area contributed by atoms with Gasteiger partial charge in [-0.3, -0.25) is 14.4 Å². The molecule has 2 N–H and O–H groups in total. The van der Waals surface area contributed by atoms with Crippen molar-refractivity contribution < 1.29 is 19.1 Å². The molecule has 1 fully saturated rings. The van der Waals surface area contributed by atoms with Crippen molar-refractivity contribution in [3.05, 3.63) is 96.1 Å². The fourth-order valence-electron chi connectivity index (χ4n) is 3.97. The summed E-state index contributed by atoms with van der Waals surface area (Å²) in [6.07, 6.45) is 0.944. The lowest BCUT2D eigenvalue weighted by Crippen LogP contribution is -2.34. The highest BCUT2D eigenvalue weighted by molar-refractivity contribution is 6.00. The highest BCUT2D eigenvalue weighted by Gasteiger charge is 2.34. The number of carbonyl (C=O) groups excluding carboxylic acids is 3. The molecule has 0 radical (unpaired) electrons. The summed E-state index contributed by atoms with van der Waals surface area (Å²) in [7, 11) is 0. The molecule has 3 amide bonds. The summed E-state index contributed by atoms with van der Waals surface area (Å²) in [6, 6.07) is 26.6. The van der Waals surface area contributed by atoms with Gasteiger partial charge < -0.3 is 20.3 Å². The first-order chi connectivity index (χ1) is 17.1. The molecule has 0 spiro atoms. The Kier molecular flexibility index (Phi) is 8.12. The lowest BCUT2D eigenvalue weighted by Gasteiger charge is -2.17. The summed E-state index contributed by atoms with van der Waals surface area (Å²) in [6.45, 7) is 1.23. The summed E-state index contributed by atoms with van der Waals surface area (Å²) in [4.78, 5) is 38.8. The Morgan fingerprint density at radius 1 is 0.857 bits per heavy atom. The molecule has 7 nitrogen and oxygen atoms in total. The van der Waals surface area contributed by atoms with Gasteiger partial charge in [0.2, 0.25) is 11.8 Å². The van der Waals surface area contributed by atoms with E-state index in [0.29, 0.717) is 31.1 Å². The van der Waals surface area contributed by atoms with Crippen LogP contribution in [-0.4, -0.2) is 37.4 Å². The first-order valence-electron chi connectivity index (χ1n) is 11.7. The molecule has 1 aliphatic rings. The van der Waals surface area contributed by atoms with Crippen LogP contribution in [0.2, 0.25) is 0 Å². The lowest BCUT2D eigenvalue weighted by molar-refractivity contribution is -0.126. The number of anilines is 1. The molecule has 35 heavy (non-hydrogen) atoms. The highest BCUT2D eigenvalue weighted by atomic mass is 16.5. The largest absolute Gasteiger partial charge is 0.484 e. The van der Waals surface area contributed by atoms with Gasteiger partial charge in [0.05, 0.1) is 5.92 Å². The van der Waals surface area contributed by atoms with Crippen molar-refractivity contribution in [2.45, 2.75) is 19.4 Å². The number of hydrogen-bond donors (Lipinski definition) is 2. The number of ether oxygens (including phenoxy) is 1. The summed E-state index contributed by atoms with van der Waals surface area (Å²) in [5.74, 6) is -0.234. The van der Waals surface area contributed by atoms with Crippen LogP contribution in [0.1, 0.15) is 17.5 Å². The molecule has 0 saturated carbocycles. The topological polar surface area (TPSA) is 87.7 Å². The Morgan fingerprint density at radius 2 is 1.51 bits per heavy atom. The van der Waals surface area contributed by atoms with Crippen LogP contribution in [0, 0.1) is 5.92 Å². The van der Waals surface area contributed by atoms with Crippen LogP contribution in [0.4, 0.5) is 5.69 Å². The van der Waals surface area contributed by atoms with Crippen LogP contribution >= 0.6 is 0 Å². The van der Waals surface area contributed by atoms with Gasteiger partial charge in [-0.1, -0.05) is 60.7 Å². The molecule has 0 aromatic heterocycles. The Balaban J connectivity index is 1.21. The molecule has 1 atom stereocenters. The third kappa shape index (κ3) is 6.93. The maximum Gasteiger partial charge on any atom is 0.258 e. The normalized spacial score (nSPS) is 15.0. The molecule has 0 bridgehead atoms. The Morgan fingerprint density at radius 3 is 2.20 bits per heavy atom. The number of rotatable bonds is 10. The fourth-order valence-corrected chi connectivity index (χ4v) is 3.97. The minimum Gasteiger partial charge on any atom is -0.484 e. The SMILES string of the molecule is O=C(COc1ccc(N2CC(C(=O)NCCc3ccccc3)CC2=O)cc1)NCc1ccccc1. The number of nitrogens with zero attached hydrogens (tertiary/aromatic N) is 1. The highest BCUT2D eigenvalue weighted by Crippen LogP contribution is 2.27. The van der Waals surface area contributed by atoms with Gasteiger partial charge in [0.1, 0.15) is 5.75 Å². The lowest BCUT2D eigenvalue weighted by atomic mass is 10.1.